The lowest BCUT2D eigenvalue weighted by Crippen LogP contribution is -2.56. The van der Waals surface area contributed by atoms with E-state index in [1.807, 2.05) is 23.5 Å². The summed E-state index contributed by atoms with van der Waals surface area (Å²) in [5, 5.41) is 0. The summed E-state index contributed by atoms with van der Waals surface area (Å²) in [7, 11) is 0. The van der Waals surface area contributed by atoms with Crippen LogP contribution >= 0.6 is 23.5 Å². The Morgan fingerprint density at radius 2 is 1.47 bits per heavy atom. The van der Waals surface area contributed by atoms with Gasteiger partial charge in [0.2, 0.25) is 0 Å². The molecule has 162 valence electrons. The van der Waals surface area contributed by atoms with Gasteiger partial charge in [0.25, 0.3) is 0 Å². The zero-order valence-corrected chi connectivity index (χ0v) is 20.4. The molecule has 3 saturated heterocycles. The molecule has 3 heterocycles. The van der Waals surface area contributed by atoms with Crippen LogP contribution in [0.15, 0.2) is 58.3 Å². The Hall–Kier alpha value is -0.940. The zero-order valence-electron chi connectivity index (χ0n) is 18.7. The molecule has 30 heavy (non-hydrogen) atoms. The van der Waals surface area contributed by atoms with Gasteiger partial charge in [0, 0.05) is 42.0 Å². The molecular formula is C26H36N2S2. The molecule has 3 fully saturated rings. The molecule has 3 aliphatic rings. The SMILES string of the molecule is CCC1CN2CCC1CC2CN(Cc1ccc(SC)cc1)Cc1ccc(SC)cc1. The Morgan fingerprint density at radius 1 is 0.900 bits per heavy atom. The van der Waals surface area contributed by atoms with E-state index in [1.54, 1.807) is 0 Å². The van der Waals surface area contributed by atoms with Crippen LogP contribution in [0, 0.1) is 11.8 Å². The van der Waals surface area contributed by atoms with Crippen LogP contribution in [0.4, 0.5) is 0 Å². The van der Waals surface area contributed by atoms with Gasteiger partial charge in [-0.3, -0.25) is 9.80 Å². The minimum absolute atomic E-state index is 0.725. The maximum absolute atomic E-state index is 2.80. The summed E-state index contributed by atoms with van der Waals surface area (Å²) < 4.78 is 0. The van der Waals surface area contributed by atoms with Crippen molar-refractivity contribution in [1.29, 1.82) is 0 Å². The van der Waals surface area contributed by atoms with E-state index in [0.717, 1.165) is 31.0 Å². The van der Waals surface area contributed by atoms with Crippen LogP contribution in [0.1, 0.15) is 37.3 Å². The summed E-state index contributed by atoms with van der Waals surface area (Å²) in [4.78, 5) is 8.18. The van der Waals surface area contributed by atoms with Gasteiger partial charge < -0.3 is 0 Å². The molecule has 0 radical (unpaired) electrons. The minimum atomic E-state index is 0.725. The van der Waals surface area contributed by atoms with Gasteiger partial charge in [-0.15, -0.1) is 23.5 Å². The topological polar surface area (TPSA) is 6.48 Å². The number of thioether (sulfide) groups is 2. The lowest BCUT2D eigenvalue weighted by Gasteiger charge is -2.51. The van der Waals surface area contributed by atoms with Crippen molar-refractivity contribution >= 4 is 23.5 Å². The van der Waals surface area contributed by atoms with Gasteiger partial charge in [-0.25, -0.2) is 0 Å². The fourth-order valence-electron chi connectivity index (χ4n) is 5.36. The second kappa shape index (κ2) is 10.6. The number of hydrogen-bond acceptors (Lipinski definition) is 4. The molecule has 2 bridgehead atoms. The van der Waals surface area contributed by atoms with Crippen LogP contribution < -0.4 is 0 Å². The van der Waals surface area contributed by atoms with Crippen LogP contribution in [0.2, 0.25) is 0 Å². The van der Waals surface area contributed by atoms with E-state index < -0.39 is 0 Å². The molecule has 3 aliphatic heterocycles. The molecule has 4 atom stereocenters. The van der Waals surface area contributed by atoms with Crippen LogP contribution in [0.25, 0.3) is 0 Å². The summed E-state index contributed by atoms with van der Waals surface area (Å²) in [5.74, 6) is 1.88. The number of rotatable bonds is 9. The lowest BCUT2D eigenvalue weighted by molar-refractivity contribution is -0.0161. The standard InChI is InChI=1S/C26H36N2S2/c1-4-22-18-28-14-13-23(22)15-24(28)19-27(16-20-5-9-25(29-2)10-6-20)17-21-7-11-26(30-3)12-8-21/h5-12,22-24H,4,13-19H2,1-3H3. The molecule has 0 amide bonds. The highest BCUT2D eigenvalue weighted by Gasteiger charge is 2.39. The van der Waals surface area contributed by atoms with E-state index >= 15 is 0 Å². The van der Waals surface area contributed by atoms with Gasteiger partial charge in [-0.05, 0) is 79.1 Å². The van der Waals surface area contributed by atoms with E-state index in [9.17, 15) is 0 Å². The van der Waals surface area contributed by atoms with Crippen molar-refractivity contribution in [2.45, 2.75) is 55.1 Å². The highest BCUT2D eigenvalue weighted by atomic mass is 32.2. The second-order valence-corrected chi connectivity index (χ2v) is 10.7. The quantitative estimate of drug-likeness (QED) is 0.425. The first-order valence-corrected chi connectivity index (χ1v) is 13.9. The van der Waals surface area contributed by atoms with Gasteiger partial charge in [0.15, 0.2) is 0 Å². The van der Waals surface area contributed by atoms with Crippen molar-refractivity contribution in [2.75, 3.05) is 32.1 Å². The average Bonchev–Trinajstić information content (AvgIpc) is 2.80. The Labute approximate surface area is 191 Å². The maximum atomic E-state index is 2.80. The van der Waals surface area contributed by atoms with Gasteiger partial charge >= 0.3 is 0 Å². The Morgan fingerprint density at radius 3 is 1.90 bits per heavy atom. The average molecular weight is 441 g/mol. The Bertz CT molecular complexity index is 740. The third kappa shape index (κ3) is 5.45. The third-order valence-corrected chi connectivity index (χ3v) is 8.62. The number of benzene rings is 2. The first-order valence-electron chi connectivity index (χ1n) is 11.4. The van der Waals surface area contributed by atoms with Crippen molar-refractivity contribution < 1.29 is 0 Å². The molecule has 0 N–H and O–H groups in total. The van der Waals surface area contributed by atoms with Crippen molar-refractivity contribution in [2.24, 2.45) is 11.8 Å². The second-order valence-electron chi connectivity index (χ2n) is 8.97. The normalized spacial score (nSPS) is 25.7. The van der Waals surface area contributed by atoms with E-state index in [1.165, 1.54) is 59.8 Å². The number of piperidine rings is 3. The molecule has 2 aromatic carbocycles. The fraction of sp³-hybridized carbons (Fsp3) is 0.538. The number of nitrogens with zero attached hydrogens (tertiary/aromatic N) is 2. The summed E-state index contributed by atoms with van der Waals surface area (Å²) in [6.45, 7) is 8.26. The molecule has 2 aromatic rings. The van der Waals surface area contributed by atoms with Crippen LogP contribution in [-0.2, 0) is 13.1 Å². The molecule has 4 heteroatoms. The highest BCUT2D eigenvalue weighted by Crippen LogP contribution is 2.38. The van der Waals surface area contributed by atoms with Crippen molar-refractivity contribution in [1.82, 2.24) is 9.80 Å². The van der Waals surface area contributed by atoms with Crippen molar-refractivity contribution in [3.63, 3.8) is 0 Å². The molecule has 2 nitrogen and oxygen atoms in total. The maximum Gasteiger partial charge on any atom is 0.0237 e. The first kappa shape index (κ1) is 22.3. The van der Waals surface area contributed by atoms with Gasteiger partial charge in [0.05, 0.1) is 0 Å². The molecule has 5 rings (SSSR count). The monoisotopic (exact) mass is 440 g/mol. The van der Waals surface area contributed by atoms with Crippen LogP contribution in [-0.4, -0.2) is 48.0 Å². The summed E-state index contributed by atoms with van der Waals surface area (Å²) in [5.41, 5.74) is 2.85. The zero-order chi connectivity index (χ0) is 20.9. The van der Waals surface area contributed by atoms with E-state index in [-0.39, 0.29) is 0 Å². The van der Waals surface area contributed by atoms with E-state index in [4.69, 9.17) is 0 Å². The van der Waals surface area contributed by atoms with Crippen LogP contribution in [0.3, 0.4) is 0 Å². The smallest absolute Gasteiger partial charge is 0.0237 e. The molecule has 0 saturated carbocycles. The lowest BCUT2D eigenvalue weighted by atomic mass is 9.74. The van der Waals surface area contributed by atoms with Crippen molar-refractivity contribution in [3.8, 4) is 0 Å². The van der Waals surface area contributed by atoms with Gasteiger partial charge in [-0.1, -0.05) is 37.6 Å². The summed E-state index contributed by atoms with van der Waals surface area (Å²) in [6.07, 6.45) is 8.46. The minimum Gasteiger partial charge on any atom is -0.299 e. The number of hydrogen-bond donors (Lipinski definition) is 0. The molecule has 0 spiro atoms. The van der Waals surface area contributed by atoms with Crippen LogP contribution in [0.5, 0.6) is 0 Å². The summed E-state index contributed by atoms with van der Waals surface area (Å²) >= 11 is 3.64. The molecule has 4 unspecified atom stereocenters. The third-order valence-electron chi connectivity index (χ3n) is 7.14. The first-order chi connectivity index (χ1) is 14.7. The highest BCUT2D eigenvalue weighted by molar-refractivity contribution is 7.98. The fourth-order valence-corrected chi connectivity index (χ4v) is 6.18. The predicted octanol–water partition coefficient (Wildman–Crippen LogP) is 6.25. The molecule has 0 aromatic heterocycles. The largest absolute Gasteiger partial charge is 0.299 e. The molecular weight excluding hydrogens is 404 g/mol. The predicted molar refractivity (Wildman–Crippen MR) is 132 cm³/mol. The Kier molecular flexibility index (Phi) is 7.85. The van der Waals surface area contributed by atoms with E-state index in [0.29, 0.717) is 0 Å². The Balaban J connectivity index is 1.47. The number of fused-ring (bicyclic) bond motifs is 3. The van der Waals surface area contributed by atoms with Gasteiger partial charge in [0.1, 0.15) is 0 Å². The van der Waals surface area contributed by atoms with Gasteiger partial charge in [-0.2, -0.15) is 0 Å². The molecule has 0 aliphatic carbocycles. The van der Waals surface area contributed by atoms with E-state index in [2.05, 4.69) is 77.8 Å². The summed E-state index contributed by atoms with van der Waals surface area (Å²) in [6, 6.07) is 19.1. The van der Waals surface area contributed by atoms with Crippen molar-refractivity contribution in [3.05, 3.63) is 59.7 Å².